The molecule has 5 rings (SSSR count). The molecule has 4 fully saturated rings. The first-order valence-corrected chi connectivity index (χ1v) is 8.50. The number of nitrogens with zero attached hydrogens (tertiary/aromatic N) is 5. The fourth-order valence-corrected chi connectivity index (χ4v) is 5.06. The quantitative estimate of drug-likeness (QED) is 0.831. The topological polar surface area (TPSA) is 56.1 Å². The number of fused-ring (bicyclic) bond motifs is 2. The predicted molar refractivity (Wildman–Crippen MR) is 77.0 cm³/mol. The number of tetrazole rings is 1. The summed E-state index contributed by atoms with van der Waals surface area (Å²) in [6.07, 6.45) is 8.96. The summed E-state index contributed by atoms with van der Waals surface area (Å²) in [5.74, 6) is 1.86. The van der Waals surface area contributed by atoms with E-state index in [4.69, 9.17) is 4.74 Å². The van der Waals surface area contributed by atoms with Crippen LogP contribution in [0.5, 0.6) is 0 Å². The summed E-state index contributed by atoms with van der Waals surface area (Å²) in [4.78, 5) is 2.56. The first kappa shape index (κ1) is 12.4. The third-order valence-corrected chi connectivity index (χ3v) is 6.27. The summed E-state index contributed by atoms with van der Waals surface area (Å²) in [6.45, 7) is 3.01. The van der Waals surface area contributed by atoms with Crippen molar-refractivity contribution in [1.82, 2.24) is 20.2 Å². The standard InChI is InChI=1S/C15H23N5O/c1-2-12-13(3-1)19(10-15(12)6-8-21-9-7-15)14-16-17-18-20(14)11-4-5-11/h11-13H,1-10H2/t12-,13+/m1/s1. The smallest absolute Gasteiger partial charge is 0.246 e. The van der Waals surface area contributed by atoms with Crippen molar-refractivity contribution in [2.24, 2.45) is 11.3 Å². The van der Waals surface area contributed by atoms with Crippen LogP contribution in [0.25, 0.3) is 0 Å². The molecule has 1 aromatic heterocycles. The van der Waals surface area contributed by atoms with E-state index in [9.17, 15) is 0 Å². The van der Waals surface area contributed by atoms with Gasteiger partial charge in [-0.15, -0.1) is 0 Å². The fraction of sp³-hybridized carbons (Fsp3) is 0.933. The molecule has 2 saturated carbocycles. The second kappa shape index (κ2) is 4.41. The van der Waals surface area contributed by atoms with Crippen molar-refractivity contribution >= 4 is 5.95 Å². The third kappa shape index (κ3) is 1.77. The van der Waals surface area contributed by atoms with Gasteiger partial charge in [-0.1, -0.05) is 11.5 Å². The number of anilines is 1. The number of rotatable bonds is 2. The van der Waals surface area contributed by atoms with Crippen LogP contribution in [0.2, 0.25) is 0 Å². The van der Waals surface area contributed by atoms with E-state index < -0.39 is 0 Å². The molecule has 2 aliphatic heterocycles. The van der Waals surface area contributed by atoms with Gasteiger partial charge in [0, 0.05) is 25.8 Å². The van der Waals surface area contributed by atoms with Gasteiger partial charge < -0.3 is 9.64 Å². The van der Waals surface area contributed by atoms with E-state index in [0.29, 0.717) is 17.5 Å². The lowest BCUT2D eigenvalue weighted by atomic mass is 9.71. The molecule has 1 spiro atoms. The molecule has 0 bridgehead atoms. The van der Waals surface area contributed by atoms with Crippen molar-refractivity contribution in [2.45, 2.75) is 57.0 Å². The molecule has 2 atom stereocenters. The molecule has 0 aromatic carbocycles. The van der Waals surface area contributed by atoms with Crippen LogP contribution in [0.1, 0.15) is 51.0 Å². The van der Waals surface area contributed by atoms with Crippen LogP contribution in [0.15, 0.2) is 0 Å². The van der Waals surface area contributed by atoms with Gasteiger partial charge in [0.2, 0.25) is 5.95 Å². The van der Waals surface area contributed by atoms with Gasteiger partial charge in [0.15, 0.2) is 0 Å². The van der Waals surface area contributed by atoms with Crippen LogP contribution in [0.3, 0.4) is 0 Å². The van der Waals surface area contributed by atoms with E-state index in [0.717, 1.165) is 31.6 Å². The van der Waals surface area contributed by atoms with Crippen LogP contribution in [0.4, 0.5) is 5.95 Å². The van der Waals surface area contributed by atoms with Crippen LogP contribution in [-0.2, 0) is 4.74 Å². The highest BCUT2D eigenvalue weighted by Crippen LogP contribution is 2.54. The largest absolute Gasteiger partial charge is 0.381 e. The van der Waals surface area contributed by atoms with E-state index in [2.05, 4.69) is 25.1 Å². The Morgan fingerprint density at radius 1 is 1.10 bits per heavy atom. The lowest BCUT2D eigenvalue weighted by Crippen LogP contribution is -2.37. The van der Waals surface area contributed by atoms with Gasteiger partial charge in [0.05, 0.1) is 6.04 Å². The third-order valence-electron chi connectivity index (χ3n) is 6.27. The molecule has 1 aromatic rings. The molecule has 6 nitrogen and oxygen atoms in total. The first-order chi connectivity index (χ1) is 10.4. The zero-order valence-corrected chi connectivity index (χ0v) is 12.4. The van der Waals surface area contributed by atoms with Crippen molar-refractivity contribution in [2.75, 3.05) is 24.7 Å². The van der Waals surface area contributed by atoms with Gasteiger partial charge in [-0.05, 0) is 60.3 Å². The maximum absolute atomic E-state index is 5.64. The zero-order chi connectivity index (χ0) is 13.9. The molecular weight excluding hydrogens is 266 g/mol. The van der Waals surface area contributed by atoms with Crippen molar-refractivity contribution in [3.05, 3.63) is 0 Å². The number of hydrogen-bond acceptors (Lipinski definition) is 5. The zero-order valence-electron chi connectivity index (χ0n) is 12.4. The number of aromatic nitrogens is 4. The van der Waals surface area contributed by atoms with Crippen molar-refractivity contribution in [3.63, 3.8) is 0 Å². The second-order valence-electron chi connectivity index (χ2n) is 7.36. The first-order valence-electron chi connectivity index (χ1n) is 8.50. The molecule has 114 valence electrons. The Morgan fingerprint density at radius 3 is 2.76 bits per heavy atom. The molecule has 4 aliphatic rings. The van der Waals surface area contributed by atoms with Crippen LogP contribution >= 0.6 is 0 Å². The van der Waals surface area contributed by atoms with Gasteiger partial charge in [-0.2, -0.15) is 0 Å². The van der Waals surface area contributed by atoms with E-state index in [1.165, 1.54) is 44.9 Å². The van der Waals surface area contributed by atoms with E-state index >= 15 is 0 Å². The number of ether oxygens (including phenoxy) is 1. The molecule has 3 heterocycles. The summed E-state index contributed by atoms with van der Waals surface area (Å²) in [5.41, 5.74) is 0.458. The van der Waals surface area contributed by atoms with Gasteiger partial charge >= 0.3 is 0 Å². The highest BCUT2D eigenvalue weighted by molar-refractivity contribution is 5.37. The Hall–Kier alpha value is -1.17. The molecule has 0 N–H and O–H groups in total. The van der Waals surface area contributed by atoms with E-state index in [1.54, 1.807) is 0 Å². The summed E-state index contributed by atoms with van der Waals surface area (Å²) in [5, 5.41) is 12.6. The Balaban J connectivity index is 1.50. The Labute approximate surface area is 124 Å². The van der Waals surface area contributed by atoms with Crippen molar-refractivity contribution in [1.29, 1.82) is 0 Å². The minimum atomic E-state index is 0.458. The molecule has 6 heteroatoms. The van der Waals surface area contributed by atoms with Gasteiger partial charge in [0.1, 0.15) is 0 Å². The Bertz CT molecular complexity index is 534. The summed E-state index contributed by atoms with van der Waals surface area (Å²) < 4.78 is 7.73. The average molecular weight is 289 g/mol. The van der Waals surface area contributed by atoms with E-state index in [-0.39, 0.29) is 0 Å². The minimum Gasteiger partial charge on any atom is -0.381 e. The van der Waals surface area contributed by atoms with Crippen molar-refractivity contribution in [3.8, 4) is 0 Å². The SMILES string of the molecule is C1C[C@@H]2[C@H](C1)N(c1nnnn1C1CC1)CC21CCOCC1. The lowest BCUT2D eigenvalue weighted by molar-refractivity contribution is 0.00154. The summed E-state index contributed by atoms with van der Waals surface area (Å²) >= 11 is 0. The maximum Gasteiger partial charge on any atom is 0.246 e. The maximum atomic E-state index is 5.64. The van der Waals surface area contributed by atoms with Crippen LogP contribution in [0, 0.1) is 11.3 Å². The predicted octanol–water partition coefficient (Wildman–Crippen LogP) is 1.79. The van der Waals surface area contributed by atoms with Gasteiger partial charge in [-0.3, -0.25) is 0 Å². The molecule has 0 radical (unpaired) electrons. The molecule has 2 aliphatic carbocycles. The highest BCUT2D eigenvalue weighted by Gasteiger charge is 2.55. The van der Waals surface area contributed by atoms with Gasteiger partial charge in [-0.25, -0.2) is 4.68 Å². The van der Waals surface area contributed by atoms with E-state index in [1.807, 2.05) is 0 Å². The normalized spacial score (nSPS) is 34.6. The monoisotopic (exact) mass is 289 g/mol. The van der Waals surface area contributed by atoms with Crippen molar-refractivity contribution < 1.29 is 4.74 Å². The van der Waals surface area contributed by atoms with Crippen LogP contribution < -0.4 is 4.90 Å². The molecular formula is C15H23N5O. The average Bonchev–Trinajstić information content (AvgIpc) is 2.97. The second-order valence-corrected chi connectivity index (χ2v) is 7.36. The summed E-state index contributed by atoms with van der Waals surface area (Å²) in [7, 11) is 0. The highest BCUT2D eigenvalue weighted by atomic mass is 16.5. The van der Waals surface area contributed by atoms with Gasteiger partial charge in [0.25, 0.3) is 0 Å². The van der Waals surface area contributed by atoms with Crippen LogP contribution in [-0.4, -0.2) is 46.0 Å². The lowest BCUT2D eigenvalue weighted by Gasteiger charge is -2.37. The molecule has 21 heavy (non-hydrogen) atoms. The summed E-state index contributed by atoms with van der Waals surface area (Å²) in [6, 6.07) is 1.22. The Kier molecular flexibility index (Phi) is 2.60. The molecule has 0 unspecified atom stereocenters. The minimum absolute atomic E-state index is 0.458. The Morgan fingerprint density at radius 2 is 1.95 bits per heavy atom. The number of hydrogen-bond donors (Lipinski definition) is 0. The molecule has 0 amide bonds. The molecule has 2 saturated heterocycles. The fourth-order valence-electron chi connectivity index (χ4n) is 5.06.